The van der Waals surface area contributed by atoms with Crippen LogP contribution in [-0.2, 0) is 11.0 Å². The summed E-state index contributed by atoms with van der Waals surface area (Å²) in [5.41, 5.74) is -0.645. The van der Waals surface area contributed by atoms with Crippen LogP contribution in [0.4, 0.5) is 18.9 Å². The van der Waals surface area contributed by atoms with Gasteiger partial charge in [0.25, 0.3) is 5.91 Å². The molecule has 0 heterocycles. The van der Waals surface area contributed by atoms with Crippen molar-refractivity contribution in [2.75, 3.05) is 18.5 Å². The van der Waals surface area contributed by atoms with Crippen molar-refractivity contribution in [1.29, 1.82) is 0 Å². The molecule has 2 aromatic rings. The maximum Gasteiger partial charge on any atom is 0.419 e. The van der Waals surface area contributed by atoms with Gasteiger partial charge in [-0.2, -0.15) is 13.2 Å². The average molecular weight is 396 g/mol. The Bertz CT molecular complexity index is 853. The molecule has 0 aromatic heterocycles. The summed E-state index contributed by atoms with van der Waals surface area (Å²) in [6.07, 6.45) is -4.30. The molecule has 2 aromatic carbocycles. The molecule has 0 aliphatic heterocycles. The molecular weight excluding hydrogens is 377 g/mol. The van der Waals surface area contributed by atoms with Crippen LogP contribution in [0.1, 0.15) is 29.3 Å². The Kier molecular flexibility index (Phi) is 6.86. The minimum Gasteiger partial charge on any atom is -0.507 e. The van der Waals surface area contributed by atoms with E-state index in [9.17, 15) is 27.9 Å². The molecule has 28 heavy (non-hydrogen) atoms. The Morgan fingerprint density at radius 1 is 1.14 bits per heavy atom. The van der Waals surface area contributed by atoms with E-state index in [1.54, 1.807) is 6.92 Å². The minimum absolute atomic E-state index is 0.0791. The van der Waals surface area contributed by atoms with E-state index in [4.69, 9.17) is 4.74 Å². The van der Waals surface area contributed by atoms with Crippen LogP contribution in [-0.4, -0.2) is 30.1 Å². The fraction of sp³-hybridized carbons (Fsp3) is 0.263. The molecule has 0 aliphatic carbocycles. The number of para-hydroxylation sites is 1. The number of hydrogen-bond donors (Lipinski definition) is 3. The summed E-state index contributed by atoms with van der Waals surface area (Å²) in [6, 6.07) is 8.77. The Morgan fingerprint density at radius 2 is 1.86 bits per heavy atom. The lowest BCUT2D eigenvalue weighted by molar-refractivity contribution is -0.139. The molecular formula is C19H19F3N2O4. The summed E-state index contributed by atoms with van der Waals surface area (Å²) in [5.74, 6) is -1.54. The molecule has 2 rings (SSSR count). The van der Waals surface area contributed by atoms with E-state index in [1.165, 1.54) is 36.4 Å². The lowest BCUT2D eigenvalue weighted by Gasteiger charge is -2.14. The van der Waals surface area contributed by atoms with E-state index in [0.29, 0.717) is 5.69 Å². The Labute approximate surface area is 159 Å². The summed E-state index contributed by atoms with van der Waals surface area (Å²) in [7, 11) is 0. The summed E-state index contributed by atoms with van der Waals surface area (Å²) < 4.78 is 43.8. The van der Waals surface area contributed by atoms with Gasteiger partial charge in [-0.25, -0.2) is 0 Å². The van der Waals surface area contributed by atoms with Crippen LogP contribution in [0.15, 0.2) is 42.5 Å². The number of carbonyl (C=O) groups excluding carboxylic acids is 2. The van der Waals surface area contributed by atoms with Gasteiger partial charge < -0.3 is 20.5 Å². The minimum atomic E-state index is -4.55. The second-order valence-electron chi connectivity index (χ2n) is 5.73. The maximum absolute atomic E-state index is 12.9. The van der Waals surface area contributed by atoms with Gasteiger partial charge in [0.1, 0.15) is 18.1 Å². The quantitative estimate of drug-likeness (QED) is 0.493. The van der Waals surface area contributed by atoms with E-state index in [2.05, 4.69) is 10.6 Å². The predicted octanol–water partition coefficient (Wildman–Crippen LogP) is 3.57. The van der Waals surface area contributed by atoms with Crippen LogP contribution in [0.25, 0.3) is 0 Å². The van der Waals surface area contributed by atoms with Crippen molar-refractivity contribution in [1.82, 2.24) is 5.32 Å². The first-order valence-corrected chi connectivity index (χ1v) is 8.42. The Morgan fingerprint density at radius 3 is 2.54 bits per heavy atom. The lowest BCUT2D eigenvalue weighted by atomic mass is 10.1. The van der Waals surface area contributed by atoms with Gasteiger partial charge in [-0.05, 0) is 30.3 Å². The molecule has 0 aliphatic rings. The summed E-state index contributed by atoms with van der Waals surface area (Å²) in [5, 5.41) is 14.8. The highest BCUT2D eigenvalue weighted by molar-refractivity contribution is 5.99. The number of alkyl halides is 3. The first-order chi connectivity index (χ1) is 13.2. The van der Waals surface area contributed by atoms with Gasteiger partial charge in [0.2, 0.25) is 5.91 Å². The third-order valence-corrected chi connectivity index (χ3v) is 3.68. The van der Waals surface area contributed by atoms with Crippen LogP contribution in [0.5, 0.6) is 11.5 Å². The number of ether oxygens (including phenoxy) is 1. The van der Waals surface area contributed by atoms with Crippen molar-refractivity contribution < 1.29 is 32.6 Å². The largest absolute Gasteiger partial charge is 0.507 e. The molecule has 0 unspecified atom stereocenters. The second kappa shape index (κ2) is 9.12. The molecule has 0 saturated carbocycles. The zero-order chi connectivity index (χ0) is 20.7. The number of aromatic hydroxyl groups is 1. The monoisotopic (exact) mass is 396 g/mol. The SMILES string of the molecule is CCC(=O)Nc1ccc(O)c(C(=O)NCCOc2ccccc2C(F)(F)F)c1. The van der Waals surface area contributed by atoms with Crippen molar-refractivity contribution in [3.63, 3.8) is 0 Å². The summed E-state index contributed by atoms with van der Waals surface area (Å²) in [6.45, 7) is 1.38. The first-order valence-electron chi connectivity index (χ1n) is 8.42. The molecule has 0 fully saturated rings. The smallest absolute Gasteiger partial charge is 0.419 e. The molecule has 6 nitrogen and oxygen atoms in total. The number of nitrogens with one attached hydrogen (secondary N) is 2. The van der Waals surface area contributed by atoms with Crippen LogP contribution >= 0.6 is 0 Å². The van der Waals surface area contributed by atoms with Crippen molar-refractivity contribution in [2.24, 2.45) is 0 Å². The number of phenolic OH excluding ortho intramolecular Hbond substituents is 1. The molecule has 0 atom stereocenters. The zero-order valence-electron chi connectivity index (χ0n) is 15.0. The Hall–Kier alpha value is -3.23. The topological polar surface area (TPSA) is 87.7 Å². The van der Waals surface area contributed by atoms with Gasteiger partial charge in [-0.1, -0.05) is 19.1 Å². The average Bonchev–Trinajstić information content (AvgIpc) is 2.66. The van der Waals surface area contributed by atoms with Crippen molar-refractivity contribution in [2.45, 2.75) is 19.5 Å². The fourth-order valence-corrected chi connectivity index (χ4v) is 2.29. The molecule has 0 bridgehead atoms. The fourth-order valence-electron chi connectivity index (χ4n) is 2.29. The van der Waals surface area contributed by atoms with Crippen molar-refractivity contribution >= 4 is 17.5 Å². The van der Waals surface area contributed by atoms with Gasteiger partial charge in [0, 0.05) is 12.1 Å². The summed E-state index contributed by atoms with van der Waals surface area (Å²) in [4.78, 5) is 23.6. The highest BCUT2D eigenvalue weighted by Crippen LogP contribution is 2.35. The Balaban J connectivity index is 1.95. The lowest BCUT2D eigenvalue weighted by Crippen LogP contribution is -2.28. The van der Waals surface area contributed by atoms with Crippen molar-refractivity contribution in [3.8, 4) is 11.5 Å². The number of carbonyl (C=O) groups is 2. The third-order valence-electron chi connectivity index (χ3n) is 3.68. The molecule has 150 valence electrons. The highest BCUT2D eigenvalue weighted by atomic mass is 19.4. The molecule has 0 saturated heterocycles. The standard InChI is InChI=1S/C19H19F3N2O4/c1-2-17(26)24-12-7-8-15(25)13(11-12)18(27)23-9-10-28-16-6-4-3-5-14(16)19(20,21)22/h3-8,11,25H,2,9-10H2,1H3,(H,23,27)(H,24,26). The van der Waals surface area contributed by atoms with E-state index < -0.39 is 17.6 Å². The van der Waals surface area contributed by atoms with Gasteiger partial charge in [0.05, 0.1) is 17.7 Å². The van der Waals surface area contributed by atoms with Gasteiger partial charge in [-0.3, -0.25) is 9.59 Å². The molecule has 9 heteroatoms. The van der Waals surface area contributed by atoms with Gasteiger partial charge in [0.15, 0.2) is 0 Å². The number of rotatable bonds is 7. The number of anilines is 1. The van der Waals surface area contributed by atoms with Gasteiger partial charge in [-0.15, -0.1) is 0 Å². The van der Waals surface area contributed by atoms with Crippen LogP contribution < -0.4 is 15.4 Å². The van der Waals surface area contributed by atoms with Crippen LogP contribution in [0.3, 0.4) is 0 Å². The number of benzene rings is 2. The molecule has 2 amide bonds. The van der Waals surface area contributed by atoms with E-state index in [0.717, 1.165) is 6.07 Å². The first kappa shape index (κ1) is 21.1. The molecule has 3 N–H and O–H groups in total. The maximum atomic E-state index is 12.9. The van der Waals surface area contributed by atoms with Crippen LogP contribution in [0.2, 0.25) is 0 Å². The molecule has 0 spiro atoms. The van der Waals surface area contributed by atoms with E-state index >= 15 is 0 Å². The molecule has 0 radical (unpaired) electrons. The second-order valence-corrected chi connectivity index (χ2v) is 5.73. The van der Waals surface area contributed by atoms with Crippen molar-refractivity contribution in [3.05, 3.63) is 53.6 Å². The third kappa shape index (κ3) is 5.63. The number of hydrogen-bond acceptors (Lipinski definition) is 4. The predicted molar refractivity (Wildman–Crippen MR) is 96.3 cm³/mol. The highest BCUT2D eigenvalue weighted by Gasteiger charge is 2.33. The number of amides is 2. The summed E-state index contributed by atoms with van der Waals surface area (Å²) >= 11 is 0. The number of halogens is 3. The zero-order valence-corrected chi connectivity index (χ0v) is 15.0. The van der Waals surface area contributed by atoms with E-state index in [-0.39, 0.29) is 42.5 Å². The van der Waals surface area contributed by atoms with Gasteiger partial charge >= 0.3 is 6.18 Å². The normalized spacial score (nSPS) is 11.0. The van der Waals surface area contributed by atoms with E-state index in [1.807, 2.05) is 0 Å². The number of phenols is 1. The van der Waals surface area contributed by atoms with Crippen LogP contribution in [0, 0.1) is 0 Å².